The molecule has 0 saturated carbocycles. The van der Waals surface area contributed by atoms with Gasteiger partial charge in [-0.15, -0.1) is 0 Å². The monoisotopic (exact) mass is 282 g/mol. The highest BCUT2D eigenvalue weighted by molar-refractivity contribution is 7.80. The molecule has 0 aliphatic carbocycles. The number of hydrogen-bond donors (Lipinski definition) is 1. The van der Waals surface area contributed by atoms with Crippen LogP contribution in [0.15, 0.2) is 0 Å². The van der Waals surface area contributed by atoms with E-state index in [2.05, 4.69) is 10.00 Å². The first-order valence-electron chi connectivity index (χ1n) is 6.78. The molecule has 2 rings (SSSR count). The van der Waals surface area contributed by atoms with E-state index < -0.39 is 0 Å². The van der Waals surface area contributed by atoms with Gasteiger partial charge < -0.3 is 10.5 Å². The maximum atomic E-state index is 5.84. The number of piperidine rings is 1. The van der Waals surface area contributed by atoms with E-state index in [1.54, 1.807) is 4.68 Å². The Hall–Kier alpha value is -1.14. The van der Waals surface area contributed by atoms with Crippen LogP contribution in [0.2, 0.25) is 0 Å². The Morgan fingerprint density at radius 2 is 2.05 bits per heavy atom. The lowest BCUT2D eigenvalue weighted by molar-refractivity contribution is 0.177. The Morgan fingerprint density at radius 3 is 2.68 bits per heavy atom. The summed E-state index contributed by atoms with van der Waals surface area (Å²) in [6.07, 6.45) is 3.94. The van der Waals surface area contributed by atoms with Gasteiger partial charge in [0.2, 0.25) is 5.88 Å². The van der Waals surface area contributed by atoms with Gasteiger partial charge in [0.1, 0.15) is 11.6 Å². The molecule has 1 aliphatic rings. The van der Waals surface area contributed by atoms with Crippen LogP contribution in [0.1, 0.15) is 30.5 Å². The highest BCUT2D eigenvalue weighted by Gasteiger charge is 2.17. The summed E-state index contributed by atoms with van der Waals surface area (Å²) in [5, 5.41) is 4.31. The molecule has 2 N–H and O–H groups in total. The average Bonchev–Trinajstić information content (AvgIpc) is 2.65. The lowest BCUT2D eigenvalue weighted by Crippen LogP contribution is -2.33. The van der Waals surface area contributed by atoms with E-state index in [1.165, 1.54) is 32.4 Å². The SMILES string of the molecule is Cc1nn(C)c(OCCN2CCCCC2)c1C(N)=S. The third kappa shape index (κ3) is 3.45. The zero-order valence-corrected chi connectivity index (χ0v) is 12.5. The summed E-state index contributed by atoms with van der Waals surface area (Å²) in [7, 11) is 1.85. The minimum absolute atomic E-state index is 0.346. The fraction of sp³-hybridized carbons (Fsp3) is 0.692. The third-order valence-electron chi connectivity index (χ3n) is 3.51. The summed E-state index contributed by atoms with van der Waals surface area (Å²) in [4.78, 5) is 2.78. The topological polar surface area (TPSA) is 56.3 Å². The summed E-state index contributed by atoms with van der Waals surface area (Å²) >= 11 is 5.06. The van der Waals surface area contributed by atoms with Crippen LogP contribution in [0, 0.1) is 6.92 Å². The van der Waals surface area contributed by atoms with Crippen molar-refractivity contribution >= 4 is 17.2 Å². The van der Waals surface area contributed by atoms with Crippen molar-refractivity contribution in [1.82, 2.24) is 14.7 Å². The second-order valence-corrected chi connectivity index (χ2v) is 5.44. The maximum Gasteiger partial charge on any atom is 0.222 e. The fourth-order valence-electron chi connectivity index (χ4n) is 2.54. The van der Waals surface area contributed by atoms with Gasteiger partial charge in [-0.1, -0.05) is 18.6 Å². The molecule has 2 heterocycles. The van der Waals surface area contributed by atoms with E-state index in [-0.39, 0.29) is 0 Å². The number of ether oxygens (including phenoxy) is 1. The number of aromatic nitrogens is 2. The molecule has 106 valence electrons. The minimum Gasteiger partial charge on any atom is -0.476 e. The van der Waals surface area contributed by atoms with Crippen LogP contribution in [0.25, 0.3) is 0 Å². The lowest BCUT2D eigenvalue weighted by atomic mass is 10.1. The lowest BCUT2D eigenvalue weighted by Gasteiger charge is -2.26. The highest BCUT2D eigenvalue weighted by atomic mass is 32.1. The van der Waals surface area contributed by atoms with E-state index in [0.29, 0.717) is 17.5 Å². The van der Waals surface area contributed by atoms with Gasteiger partial charge in [-0.2, -0.15) is 5.10 Å². The van der Waals surface area contributed by atoms with Gasteiger partial charge >= 0.3 is 0 Å². The predicted octanol–water partition coefficient (Wildman–Crippen LogP) is 1.23. The van der Waals surface area contributed by atoms with Crippen LogP contribution in [-0.2, 0) is 7.05 Å². The van der Waals surface area contributed by atoms with E-state index in [0.717, 1.165) is 17.8 Å². The third-order valence-corrected chi connectivity index (χ3v) is 3.72. The van der Waals surface area contributed by atoms with Crippen LogP contribution in [0.4, 0.5) is 0 Å². The van der Waals surface area contributed by atoms with Gasteiger partial charge in [-0.25, -0.2) is 4.68 Å². The Morgan fingerprint density at radius 1 is 1.37 bits per heavy atom. The second-order valence-electron chi connectivity index (χ2n) is 5.00. The summed E-state index contributed by atoms with van der Waals surface area (Å²) in [6, 6.07) is 0. The van der Waals surface area contributed by atoms with E-state index in [4.69, 9.17) is 22.7 Å². The minimum atomic E-state index is 0.346. The molecule has 0 amide bonds. The molecule has 0 spiro atoms. The first kappa shape index (κ1) is 14.3. The molecular formula is C13H22N4OS. The molecular weight excluding hydrogens is 260 g/mol. The molecule has 0 unspecified atom stereocenters. The normalized spacial score (nSPS) is 16.5. The average molecular weight is 282 g/mol. The number of nitrogens with two attached hydrogens (primary N) is 1. The van der Waals surface area contributed by atoms with Crippen LogP contribution in [-0.4, -0.2) is 45.9 Å². The number of aryl methyl sites for hydroxylation is 2. The summed E-state index contributed by atoms with van der Waals surface area (Å²) in [5.74, 6) is 0.682. The van der Waals surface area contributed by atoms with Crippen LogP contribution in [0.3, 0.4) is 0 Å². The van der Waals surface area contributed by atoms with Crippen molar-refractivity contribution in [3.8, 4) is 5.88 Å². The van der Waals surface area contributed by atoms with Crippen molar-refractivity contribution in [2.75, 3.05) is 26.2 Å². The number of rotatable bonds is 5. The van der Waals surface area contributed by atoms with E-state index >= 15 is 0 Å². The highest BCUT2D eigenvalue weighted by Crippen LogP contribution is 2.21. The summed E-state index contributed by atoms with van der Waals surface area (Å²) < 4.78 is 7.55. The Balaban J connectivity index is 1.93. The standard InChI is InChI=1S/C13H22N4OS/c1-10-11(12(14)19)13(16(2)15-10)18-9-8-17-6-4-3-5-7-17/h3-9H2,1-2H3,(H2,14,19). The molecule has 19 heavy (non-hydrogen) atoms. The van der Waals surface area contributed by atoms with Gasteiger partial charge in [-0.3, -0.25) is 4.90 Å². The molecule has 1 aromatic heterocycles. The maximum absolute atomic E-state index is 5.84. The van der Waals surface area contributed by atoms with E-state index in [9.17, 15) is 0 Å². The Bertz CT molecular complexity index is 452. The summed E-state index contributed by atoms with van der Waals surface area (Å²) in [6.45, 7) is 5.84. The van der Waals surface area contributed by atoms with Crippen molar-refractivity contribution in [3.05, 3.63) is 11.3 Å². The quantitative estimate of drug-likeness (QED) is 0.823. The fourth-order valence-corrected chi connectivity index (χ4v) is 2.78. The zero-order chi connectivity index (χ0) is 13.8. The van der Waals surface area contributed by atoms with Crippen molar-refractivity contribution in [2.45, 2.75) is 26.2 Å². The van der Waals surface area contributed by atoms with Crippen LogP contribution < -0.4 is 10.5 Å². The molecule has 0 bridgehead atoms. The molecule has 1 aliphatic heterocycles. The van der Waals surface area contributed by atoms with Crippen molar-refractivity contribution < 1.29 is 4.74 Å². The molecule has 1 fully saturated rings. The molecule has 0 aromatic carbocycles. The number of likely N-dealkylation sites (tertiary alicyclic amines) is 1. The number of hydrogen-bond acceptors (Lipinski definition) is 4. The predicted molar refractivity (Wildman–Crippen MR) is 79.6 cm³/mol. The molecule has 1 aromatic rings. The van der Waals surface area contributed by atoms with Crippen LogP contribution >= 0.6 is 12.2 Å². The number of nitrogens with zero attached hydrogens (tertiary/aromatic N) is 3. The smallest absolute Gasteiger partial charge is 0.222 e. The first-order chi connectivity index (χ1) is 9.09. The van der Waals surface area contributed by atoms with Crippen LogP contribution in [0.5, 0.6) is 5.88 Å². The van der Waals surface area contributed by atoms with Crippen molar-refractivity contribution in [2.24, 2.45) is 12.8 Å². The van der Waals surface area contributed by atoms with Gasteiger partial charge in [0.15, 0.2) is 0 Å². The molecule has 0 atom stereocenters. The van der Waals surface area contributed by atoms with Gasteiger partial charge in [-0.05, 0) is 32.9 Å². The Kier molecular flexibility index (Phi) is 4.76. The van der Waals surface area contributed by atoms with Crippen molar-refractivity contribution in [1.29, 1.82) is 0 Å². The largest absolute Gasteiger partial charge is 0.476 e. The molecule has 0 radical (unpaired) electrons. The molecule has 1 saturated heterocycles. The van der Waals surface area contributed by atoms with Crippen molar-refractivity contribution in [3.63, 3.8) is 0 Å². The second kappa shape index (κ2) is 6.34. The summed E-state index contributed by atoms with van der Waals surface area (Å²) in [5.41, 5.74) is 7.31. The molecule has 6 heteroatoms. The van der Waals surface area contributed by atoms with Gasteiger partial charge in [0, 0.05) is 13.6 Å². The van der Waals surface area contributed by atoms with E-state index in [1.807, 2.05) is 14.0 Å². The zero-order valence-electron chi connectivity index (χ0n) is 11.7. The molecule has 5 nitrogen and oxygen atoms in total. The first-order valence-corrected chi connectivity index (χ1v) is 7.19. The Labute approximate surface area is 119 Å². The van der Waals surface area contributed by atoms with Gasteiger partial charge in [0.05, 0.1) is 11.3 Å². The van der Waals surface area contributed by atoms with Gasteiger partial charge in [0.25, 0.3) is 0 Å². The number of thiocarbonyl (C=S) groups is 1.